The van der Waals surface area contributed by atoms with E-state index in [1.165, 1.54) is 17.3 Å². The van der Waals surface area contributed by atoms with Gasteiger partial charge in [-0.1, -0.05) is 84.6 Å². The molecule has 1 saturated heterocycles. The van der Waals surface area contributed by atoms with Gasteiger partial charge in [0.05, 0.1) is 24.7 Å². The van der Waals surface area contributed by atoms with E-state index >= 15 is 0 Å². The molecule has 33 heavy (non-hydrogen) atoms. The van der Waals surface area contributed by atoms with E-state index in [0.29, 0.717) is 29.0 Å². The normalized spacial score (nSPS) is 14.7. The number of carbonyl (C=O) groups excluding carboxylic acids is 1. The number of benzene rings is 3. The molecule has 0 radical (unpaired) electrons. The second kappa shape index (κ2) is 11.2. The molecule has 4 nitrogen and oxygen atoms in total. The van der Waals surface area contributed by atoms with E-state index in [4.69, 9.17) is 21.7 Å². The van der Waals surface area contributed by atoms with Gasteiger partial charge in [0, 0.05) is 12.0 Å². The predicted molar refractivity (Wildman–Crippen MR) is 138 cm³/mol. The van der Waals surface area contributed by atoms with Gasteiger partial charge in [-0.05, 0) is 42.3 Å². The minimum atomic E-state index is -0.0739. The molecular weight excluding hydrogens is 450 g/mol. The molecular formula is C27H25NO3S2. The second-order valence-electron chi connectivity index (χ2n) is 7.66. The smallest absolute Gasteiger partial charge is 0.266 e. The molecule has 0 aliphatic carbocycles. The number of ether oxygens (including phenoxy) is 2. The first-order valence-electron chi connectivity index (χ1n) is 10.8. The van der Waals surface area contributed by atoms with Gasteiger partial charge in [-0.3, -0.25) is 9.69 Å². The Kier molecular flexibility index (Phi) is 7.81. The molecule has 0 unspecified atom stereocenters. The number of thioether (sulfide) groups is 1. The van der Waals surface area contributed by atoms with Crippen molar-refractivity contribution in [3.05, 3.63) is 100 Å². The van der Waals surface area contributed by atoms with Crippen LogP contribution < -0.4 is 9.47 Å². The van der Waals surface area contributed by atoms with Gasteiger partial charge in [-0.15, -0.1) is 0 Å². The molecule has 0 aromatic heterocycles. The molecule has 168 valence electrons. The Labute approximate surface area is 204 Å². The number of rotatable bonds is 9. The standard InChI is InChI=1S/C27H25NO3S2/c1-20-9-7-13-23(17-20)30-15-8-16-31-24-14-6-5-12-22(24)18-25-26(29)28(27(32)33-25)19-21-10-3-2-4-11-21/h2-7,9-14,17-18H,8,15-16,19H2,1H3. The molecule has 6 heteroatoms. The third-order valence-electron chi connectivity index (χ3n) is 5.07. The molecule has 1 heterocycles. The fraction of sp³-hybridized carbons (Fsp3) is 0.185. The Bertz CT molecular complexity index is 1160. The second-order valence-corrected chi connectivity index (χ2v) is 9.33. The van der Waals surface area contributed by atoms with Crippen LogP contribution in [-0.2, 0) is 11.3 Å². The highest BCUT2D eigenvalue weighted by molar-refractivity contribution is 8.26. The van der Waals surface area contributed by atoms with Crippen LogP contribution in [-0.4, -0.2) is 28.3 Å². The number of nitrogens with zero attached hydrogens (tertiary/aromatic N) is 1. The number of para-hydroxylation sites is 1. The van der Waals surface area contributed by atoms with Crippen molar-refractivity contribution in [2.45, 2.75) is 19.9 Å². The van der Waals surface area contributed by atoms with Gasteiger partial charge in [0.15, 0.2) is 0 Å². The summed E-state index contributed by atoms with van der Waals surface area (Å²) >= 11 is 6.80. The van der Waals surface area contributed by atoms with E-state index in [2.05, 4.69) is 0 Å². The minimum absolute atomic E-state index is 0.0739. The number of hydrogen-bond acceptors (Lipinski definition) is 5. The largest absolute Gasteiger partial charge is 0.493 e. The first-order valence-corrected chi connectivity index (χ1v) is 12.0. The molecule has 0 N–H and O–H groups in total. The van der Waals surface area contributed by atoms with Gasteiger partial charge in [0.2, 0.25) is 0 Å². The third kappa shape index (κ3) is 6.24. The highest BCUT2D eigenvalue weighted by Crippen LogP contribution is 2.35. The number of amides is 1. The molecule has 0 saturated carbocycles. The summed E-state index contributed by atoms with van der Waals surface area (Å²) in [4.78, 5) is 15.2. The molecule has 0 spiro atoms. The van der Waals surface area contributed by atoms with Crippen molar-refractivity contribution in [3.63, 3.8) is 0 Å². The van der Waals surface area contributed by atoms with Crippen LogP contribution in [0.2, 0.25) is 0 Å². The lowest BCUT2D eigenvalue weighted by Crippen LogP contribution is -2.27. The lowest BCUT2D eigenvalue weighted by molar-refractivity contribution is -0.122. The lowest BCUT2D eigenvalue weighted by Gasteiger charge is -2.14. The Balaban J connectivity index is 1.35. The maximum atomic E-state index is 13.0. The maximum Gasteiger partial charge on any atom is 0.266 e. The number of aryl methyl sites for hydroxylation is 1. The monoisotopic (exact) mass is 475 g/mol. The van der Waals surface area contributed by atoms with Crippen LogP contribution >= 0.6 is 24.0 Å². The molecule has 3 aromatic rings. The summed E-state index contributed by atoms with van der Waals surface area (Å²) in [6, 6.07) is 25.6. The zero-order chi connectivity index (χ0) is 23.0. The summed E-state index contributed by atoms with van der Waals surface area (Å²) in [5.74, 6) is 1.53. The minimum Gasteiger partial charge on any atom is -0.493 e. The van der Waals surface area contributed by atoms with Gasteiger partial charge in [-0.2, -0.15) is 0 Å². The summed E-state index contributed by atoms with van der Waals surface area (Å²) < 4.78 is 12.4. The zero-order valence-corrected chi connectivity index (χ0v) is 20.0. The molecule has 0 atom stereocenters. The van der Waals surface area contributed by atoms with E-state index < -0.39 is 0 Å². The van der Waals surface area contributed by atoms with Crippen LogP contribution in [0, 0.1) is 6.92 Å². The number of thiocarbonyl (C=S) groups is 1. The molecule has 1 fully saturated rings. The topological polar surface area (TPSA) is 38.8 Å². The lowest BCUT2D eigenvalue weighted by atomic mass is 10.1. The van der Waals surface area contributed by atoms with Crippen LogP contribution in [0.3, 0.4) is 0 Å². The first-order chi connectivity index (χ1) is 16.1. The summed E-state index contributed by atoms with van der Waals surface area (Å²) in [6.07, 6.45) is 2.62. The van der Waals surface area contributed by atoms with Crippen molar-refractivity contribution in [2.75, 3.05) is 13.2 Å². The third-order valence-corrected chi connectivity index (χ3v) is 6.44. The van der Waals surface area contributed by atoms with Crippen LogP contribution in [0.4, 0.5) is 0 Å². The maximum absolute atomic E-state index is 13.0. The molecule has 1 amide bonds. The van der Waals surface area contributed by atoms with Crippen molar-refractivity contribution < 1.29 is 14.3 Å². The summed E-state index contributed by atoms with van der Waals surface area (Å²) in [5.41, 5.74) is 3.08. The number of hydrogen-bond donors (Lipinski definition) is 0. The average Bonchev–Trinajstić information content (AvgIpc) is 3.08. The summed E-state index contributed by atoms with van der Waals surface area (Å²) in [6.45, 7) is 3.61. The zero-order valence-electron chi connectivity index (χ0n) is 18.4. The van der Waals surface area contributed by atoms with Crippen molar-refractivity contribution in [1.29, 1.82) is 0 Å². The van der Waals surface area contributed by atoms with Gasteiger partial charge < -0.3 is 9.47 Å². The van der Waals surface area contributed by atoms with Crippen LogP contribution in [0.5, 0.6) is 11.5 Å². The van der Waals surface area contributed by atoms with Crippen molar-refractivity contribution >= 4 is 40.3 Å². The number of carbonyl (C=O) groups is 1. The first kappa shape index (κ1) is 23.1. The molecule has 3 aromatic carbocycles. The molecule has 0 bridgehead atoms. The fourth-order valence-electron chi connectivity index (χ4n) is 3.41. The quantitative estimate of drug-likeness (QED) is 0.208. The Morgan fingerprint density at radius 2 is 1.70 bits per heavy atom. The molecule has 1 aliphatic heterocycles. The SMILES string of the molecule is Cc1cccc(OCCCOc2ccccc2C=C2SC(=S)N(Cc3ccccc3)C2=O)c1. The fourth-order valence-corrected chi connectivity index (χ4v) is 4.66. The van der Waals surface area contributed by atoms with Crippen LogP contribution in [0.1, 0.15) is 23.1 Å². The van der Waals surface area contributed by atoms with Gasteiger partial charge >= 0.3 is 0 Å². The summed E-state index contributed by atoms with van der Waals surface area (Å²) in [5, 5.41) is 0. The van der Waals surface area contributed by atoms with Gasteiger partial charge in [0.1, 0.15) is 15.8 Å². The highest BCUT2D eigenvalue weighted by atomic mass is 32.2. The van der Waals surface area contributed by atoms with Crippen LogP contribution in [0.25, 0.3) is 6.08 Å². The van der Waals surface area contributed by atoms with E-state index in [1.807, 2.05) is 91.9 Å². The van der Waals surface area contributed by atoms with Crippen molar-refractivity contribution in [1.82, 2.24) is 4.90 Å². The van der Waals surface area contributed by atoms with Crippen molar-refractivity contribution in [2.24, 2.45) is 0 Å². The van der Waals surface area contributed by atoms with E-state index in [-0.39, 0.29) is 5.91 Å². The van der Waals surface area contributed by atoms with Gasteiger partial charge in [0.25, 0.3) is 5.91 Å². The Morgan fingerprint density at radius 1 is 0.939 bits per heavy atom. The van der Waals surface area contributed by atoms with Gasteiger partial charge in [-0.25, -0.2) is 0 Å². The molecule has 4 rings (SSSR count). The highest BCUT2D eigenvalue weighted by Gasteiger charge is 2.32. The van der Waals surface area contributed by atoms with Crippen LogP contribution in [0.15, 0.2) is 83.8 Å². The summed E-state index contributed by atoms with van der Waals surface area (Å²) in [7, 11) is 0. The molecule has 1 aliphatic rings. The van der Waals surface area contributed by atoms with Crippen molar-refractivity contribution in [3.8, 4) is 11.5 Å². The van der Waals surface area contributed by atoms with E-state index in [0.717, 1.165) is 29.0 Å². The Morgan fingerprint density at radius 3 is 2.52 bits per heavy atom. The Hall–Kier alpha value is -3.09. The van der Waals surface area contributed by atoms with E-state index in [1.54, 1.807) is 4.90 Å². The van der Waals surface area contributed by atoms with E-state index in [9.17, 15) is 4.79 Å². The predicted octanol–water partition coefficient (Wildman–Crippen LogP) is 6.24. The average molecular weight is 476 g/mol.